The summed E-state index contributed by atoms with van der Waals surface area (Å²) in [6.45, 7) is 6.78. The fraction of sp³-hybridized carbons (Fsp3) is 0.400. The van der Waals surface area contributed by atoms with Crippen LogP contribution in [0.15, 0.2) is 60.7 Å². The van der Waals surface area contributed by atoms with E-state index in [2.05, 4.69) is 62.5 Å². The van der Waals surface area contributed by atoms with Crippen LogP contribution in [-0.4, -0.2) is 25.0 Å². The third-order valence-corrected chi connectivity index (χ3v) is 9.10. The van der Waals surface area contributed by atoms with Crippen molar-refractivity contribution in [3.8, 4) is 0 Å². The lowest BCUT2D eigenvalue weighted by atomic mass is 9.89. The molecular weight excluding hydrogens is 300 g/mol. The van der Waals surface area contributed by atoms with Gasteiger partial charge in [-0.25, -0.2) is 0 Å². The largest absolute Gasteiger partial charge is 0.393 e. The van der Waals surface area contributed by atoms with Crippen LogP contribution in [0.1, 0.15) is 25.0 Å². The van der Waals surface area contributed by atoms with Gasteiger partial charge in [0, 0.05) is 5.92 Å². The zero-order valence-electron chi connectivity index (χ0n) is 14.1. The Morgan fingerprint density at radius 2 is 1.52 bits per heavy atom. The summed E-state index contributed by atoms with van der Waals surface area (Å²) in [7, 11) is -1.81. The molecule has 0 aromatic heterocycles. The van der Waals surface area contributed by atoms with Gasteiger partial charge in [-0.15, -0.1) is 0 Å². The molecule has 2 aromatic rings. The number of rotatable bonds is 3. The average Bonchev–Trinajstić information content (AvgIpc) is 2.58. The SMILES string of the molecule is C[C@@H]1[C@H](O)C[C@H]([Si](C)(C)c2ccccc2)O[C@@H]1c1ccccc1. The molecule has 2 nitrogen and oxygen atoms in total. The average molecular weight is 327 g/mol. The summed E-state index contributed by atoms with van der Waals surface area (Å²) in [6.07, 6.45) is 0.397. The highest BCUT2D eigenvalue weighted by atomic mass is 28.3. The van der Waals surface area contributed by atoms with E-state index in [4.69, 9.17) is 4.74 Å². The van der Waals surface area contributed by atoms with Gasteiger partial charge in [0.2, 0.25) is 0 Å². The molecule has 1 aliphatic heterocycles. The van der Waals surface area contributed by atoms with E-state index < -0.39 is 8.07 Å². The summed E-state index contributed by atoms with van der Waals surface area (Å²) < 4.78 is 6.58. The van der Waals surface area contributed by atoms with E-state index in [1.807, 2.05) is 18.2 Å². The quantitative estimate of drug-likeness (QED) is 0.872. The van der Waals surface area contributed by atoms with Crippen LogP contribution >= 0.6 is 0 Å². The molecule has 0 amide bonds. The van der Waals surface area contributed by atoms with Gasteiger partial charge >= 0.3 is 0 Å². The minimum Gasteiger partial charge on any atom is -0.393 e. The first-order valence-electron chi connectivity index (χ1n) is 8.44. The summed E-state index contributed by atoms with van der Waals surface area (Å²) in [5.74, 6) is 0.120. The van der Waals surface area contributed by atoms with Crippen molar-refractivity contribution in [2.45, 2.75) is 44.4 Å². The van der Waals surface area contributed by atoms with Crippen LogP contribution < -0.4 is 5.19 Å². The minimum atomic E-state index is -1.81. The summed E-state index contributed by atoms with van der Waals surface area (Å²) in [4.78, 5) is 0. The van der Waals surface area contributed by atoms with Crippen LogP contribution in [0.4, 0.5) is 0 Å². The monoisotopic (exact) mass is 326 g/mol. The third-order valence-electron chi connectivity index (χ3n) is 5.30. The second-order valence-electron chi connectivity index (χ2n) is 7.21. The molecule has 0 aliphatic carbocycles. The molecule has 4 atom stereocenters. The van der Waals surface area contributed by atoms with Gasteiger partial charge in [-0.3, -0.25) is 0 Å². The van der Waals surface area contributed by atoms with E-state index in [-0.39, 0.29) is 23.9 Å². The third kappa shape index (κ3) is 3.27. The fourth-order valence-corrected chi connectivity index (χ4v) is 6.28. The van der Waals surface area contributed by atoms with E-state index in [0.29, 0.717) is 0 Å². The molecule has 23 heavy (non-hydrogen) atoms. The van der Waals surface area contributed by atoms with Crippen LogP contribution in [-0.2, 0) is 4.74 Å². The standard InChI is InChI=1S/C20H26O2Si/c1-15-18(21)14-19(22-20(15)16-10-6-4-7-11-16)23(2,3)17-12-8-5-9-13-17/h4-13,15,18-21H,14H2,1-3H3/t15-,18-,19+,20+/m1/s1. The number of ether oxygens (including phenoxy) is 1. The highest BCUT2D eigenvalue weighted by Crippen LogP contribution is 2.38. The van der Waals surface area contributed by atoms with Gasteiger partial charge in [0.1, 0.15) is 8.07 Å². The Labute approximate surface area is 140 Å². The first kappa shape index (κ1) is 16.4. The van der Waals surface area contributed by atoms with Crippen molar-refractivity contribution in [1.29, 1.82) is 0 Å². The first-order valence-corrected chi connectivity index (χ1v) is 11.5. The number of benzene rings is 2. The van der Waals surface area contributed by atoms with Gasteiger partial charge in [0.25, 0.3) is 0 Å². The Morgan fingerprint density at radius 1 is 0.957 bits per heavy atom. The van der Waals surface area contributed by atoms with E-state index in [9.17, 15) is 5.11 Å². The van der Waals surface area contributed by atoms with Gasteiger partial charge in [0.15, 0.2) is 0 Å². The smallest absolute Gasteiger partial charge is 0.113 e. The van der Waals surface area contributed by atoms with Gasteiger partial charge in [-0.1, -0.05) is 85.9 Å². The van der Waals surface area contributed by atoms with Crippen molar-refractivity contribution in [1.82, 2.24) is 0 Å². The molecule has 0 unspecified atom stereocenters. The Morgan fingerprint density at radius 3 is 2.13 bits per heavy atom. The molecule has 3 heteroatoms. The lowest BCUT2D eigenvalue weighted by Gasteiger charge is -2.44. The molecule has 1 heterocycles. The van der Waals surface area contributed by atoms with Gasteiger partial charge in [0.05, 0.1) is 17.9 Å². The van der Waals surface area contributed by atoms with Crippen LogP contribution in [0.5, 0.6) is 0 Å². The first-order chi connectivity index (χ1) is 11.0. The Bertz CT molecular complexity index is 627. The van der Waals surface area contributed by atoms with Crippen LogP contribution in [0, 0.1) is 5.92 Å². The molecule has 1 saturated heterocycles. The molecule has 2 aromatic carbocycles. The topological polar surface area (TPSA) is 29.5 Å². The molecule has 3 rings (SSSR count). The Kier molecular flexibility index (Phi) is 4.71. The van der Waals surface area contributed by atoms with E-state index in [1.54, 1.807) is 0 Å². The lowest BCUT2D eigenvalue weighted by Crippen LogP contribution is -2.58. The molecule has 1 fully saturated rings. The maximum absolute atomic E-state index is 10.6. The molecule has 0 spiro atoms. The molecule has 0 radical (unpaired) electrons. The maximum Gasteiger partial charge on any atom is 0.113 e. The van der Waals surface area contributed by atoms with Crippen molar-refractivity contribution < 1.29 is 9.84 Å². The van der Waals surface area contributed by atoms with Crippen molar-refractivity contribution in [3.63, 3.8) is 0 Å². The van der Waals surface area contributed by atoms with Gasteiger partial charge in [-0.2, -0.15) is 0 Å². The van der Waals surface area contributed by atoms with Crippen LogP contribution in [0.2, 0.25) is 13.1 Å². The molecular formula is C20H26O2Si. The Hall–Kier alpha value is -1.42. The molecule has 0 saturated carbocycles. The van der Waals surface area contributed by atoms with Crippen molar-refractivity contribution in [3.05, 3.63) is 66.2 Å². The van der Waals surface area contributed by atoms with Crippen LogP contribution in [0.25, 0.3) is 0 Å². The second kappa shape index (κ2) is 6.60. The summed E-state index contributed by atoms with van der Waals surface area (Å²) in [5, 5.41) is 12.0. The zero-order valence-corrected chi connectivity index (χ0v) is 15.1. The highest BCUT2D eigenvalue weighted by molar-refractivity contribution is 6.90. The summed E-state index contributed by atoms with van der Waals surface area (Å²) >= 11 is 0. The summed E-state index contributed by atoms with van der Waals surface area (Å²) in [6, 6.07) is 21.0. The van der Waals surface area contributed by atoms with Gasteiger partial charge in [-0.05, 0) is 12.0 Å². The second-order valence-corrected chi connectivity index (χ2v) is 11.9. The van der Waals surface area contributed by atoms with Gasteiger partial charge < -0.3 is 9.84 Å². The number of aliphatic hydroxyl groups is 1. The number of hydrogen-bond acceptors (Lipinski definition) is 2. The predicted molar refractivity (Wildman–Crippen MR) is 97.4 cm³/mol. The summed E-state index contributed by atoms with van der Waals surface area (Å²) in [5.41, 5.74) is 1.29. The zero-order chi connectivity index (χ0) is 16.4. The van der Waals surface area contributed by atoms with Crippen molar-refractivity contribution >= 4 is 13.3 Å². The molecule has 1 N–H and O–H groups in total. The number of hydrogen-bond donors (Lipinski definition) is 1. The Balaban J connectivity index is 1.89. The molecule has 122 valence electrons. The lowest BCUT2D eigenvalue weighted by molar-refractivity contribution is -0.108. The van der Waals surface area contributed by atoms with E-state index in [0.717, 1.165) is 6.42 Å². The van der Waals surface area contributed by atoms with Crippen LogP contribution in [0.3, 0.4) is 0 Å². The van der Waals surface area contributed by atoms with E-state index >= 15 is 0 Å². The maximum atomic E-state index is 10.6. The number of aliphatic hydroxyl groups excluding tert-OH is 1. The van der Waals surface area contributed by atoms with Crippen molar-refractivity contribution in [2.75, 3.05) is 0 Å². The molecule has 0 bridgehead atoms. The predicted octanol–water partition coefficient (Wildman–Crippen LogP) is 3.67. The highest BCUT2D eigenvalue weighted by Gasteiger charge is 2.44. The normalized spacial score (nSPS) is 28.5. The fourth-order valence-electron chi connectivity index (χ4n) is 3.54. The van der Waals surface area contributed by atoms with E-state index in [1.165, 1.54) is 10.8 Å². The van der Waals surface area contributed by atoms with Crippen molar-refractivity contribution in [2.24, 2.45) is 5.92 Å². The molecule has 1 aliphatic rings. The minimum absolute atomic E-state index is 0.0274.